The summed E-state index contributed by atoms with van der Waals surface area (Å²) in [6, 6.07) is 11.8. The van der Waals surface area contributed by atoms with Crippen molar-refractivity contribution in [3.8, 4) is 11.3 Å². The van der Waals surface area contributed by atoms with Crippen LogP contribution in [0.25, 0.3) is 11.3 Å². The molecule has 0 atom stereocenters. The Bertz CT molecular complexity index is 630. The lowest BCUT2D eigenvalue weighted by Gasteiger charge is -2.34. The van der Waals surface area contributed by atoms with Gasteiger partial charge in [0.15, 0.2) is 5.82 Å². The maximum atomic E-state index is 12.6. The van der Waals surface area contributed by atoms with Crippen LogP contribution in [0.3, 0.4) is 0 Å². The molecule has 116 valence electrons. The van der Waals surface area contributed by atoms with Crippen LogP contribution in [0.1, 0.15) is 26.2 Å². The fraction of sp³-hybridized carbons (Fsp3) is 0.412. The van der Waals surface area contributed by atoms with E-state index >= 15 is 0 Å². The second-order valence-corrected chi connectivity index (χ2v) is 5.73. The number of anilines is 1. The van der Waals surface area contributed by atoms with Gasteiger partial charge in [-0.15, -0.1) is 0 Å². The molecule has 2 aromatic rings. The topological polar surface area (TPSA) is 67.0 Å². The van der Waals surface area contributed by atoms with Gasteiger partial charge in [-0.25, -0.2) is 0 Å². The number of amides is 1. The zero-order valence-corrected chi connectivity index (χ0v) is 12.8. The van der Waals surface area contributed by atoms with Gasteiger partial charge in [-0.1, -0.05) is 37.3 Å². The van der Waals surface area contributed by atoms with Gasteiger partial charge < -0.3 is 10.1 Å². The molecule has 3 rings (SSSR count). The average molecular weight is 299 g/mol. The van der Waals surface area contributed by atoms with Crippen molar-refractivity contribution in [2.75, 3.05) is 18.5 Å². The summed E-state index contributed by atoms with van der Waals surface area (Å²) in [5.41, 5.74) is 1.62. The first kappa shape index (κ1) is 14.8. The summed E-state index contributed by atoms with van der Waals surface area (Å²) in [5.74, 6) is 0.618. The van der Waals surface area contributed by atoms with E-state index < -0.39 is 0 Å². The molecule has 0 radical (unpaired) electrons. The average Bonchev–Trinajstić information content (AvgIpc) is 3.05. The van der Waals surface area contributed by atoms with E-state index in [1.165, 1.54) is 0 Å². The van der Waals surface area contributed by atoms with Crippen molar-refractivity contribution >= 4 is 11.7 Å². The zero-order chi connectivity index (χ0) is 15.4. The number of hydrogen-bond acceptors (Lipinski definition) is 3. The molecule has 2 heterocycles. The quantitative estimate of drug-likeness (QED) is 0.911. The van der Waals surface area contributed by atoms with Crippen LogP contribution in [-0.2, 0) is 9.53 Å². The molecule has 1 amide bonds. The molecule has 22 heavy (non-hydrogen) atoms. The van der Waals surface area contributed by atoms with Gasteiger partial charge >= 0.3 is 0 Å². The smallest absolute Gasteiger partial charge is 0.231 e. The summed E-state index contributed by atoms with van der Waals surface area (Å²) in [4.78, 5) is 12.6. The van der Waals surface area contributed by atoms with Crippen LogP contribution in [0, 0.1) is 5.41 Å². The minimum Gasteiger partial charge on any atom is -0.381 e. The maximum absolute atomic E-state index is 12.6. The molecule has 5 heteroatoms. The molecular weight excluding hydrogens is 278 g/mol. The van der Waals surface area contributed by atoms with Gasteiger partial charge in [0.25, 0.3) is 0 Å². The second-order valence-electron chi connectivity index (χ2n) is 5.73. The first-order valence-corrected chi connectivity index (χ1v) is 7.73. The Kier molecular flexibility index (Phi) is 4.24. The van der Waals surface area contributed by atoms with Crippen LogP contribution in [0.2, 0.25) is 0 Å². The lowest BCUT2D eigenvalue weighted by molar-refractivity contribution is -0.131. The minimum absolute atomic E-state index is 0.0458. The number of H-pyrrole nitrogens is 1. The standard InChI is InChI=1S/C17H21N3O2/c1-2-17(8-10-22-11-9-17)16(21)18-15-12-14(19-20-15)13-6-4-3-5-7-13/h3-7,12H,2,8-11H2,1H3,(H2,18,19,20,21). The lowest BCUT2D eigenvalue weighted by atomic mass is 9.77. The number of nitrogens with zero attached hydrogens (tertiary/aromatic N) is 1. The Morgan fingerprint density at radius 1 is 1.32 bits per heavy atom. The monoisotopic (exact) mass is 299 g/mol. The molecule has 5 nitrogen and oxygen atoms in total. The third-order valence-electron chi connectivity index (χ3n) is 4.51. The molecule has 1 aromatic heterocycles. The van der Waals surface area contributed by atoms with Crippen molar-refractivity contribution in [3.63, 3.8) is 0 Å². The SMILES string of the molecule is CCC1(C(=O)Nc2cc(-c3ccccc3)[nH]n2)CCOCC1. The third-order valence-corrected chi connectivity index (χ3v) is 4.51. The van der Waals surface area contributed by atoms with Gasteiger partial charge in [-0.2, -0.15) is 5.10 Å². The number of carbonyl (C=O) groups is 1. The Labute approximate surface area is 130 Å². The summed E-state index contributed by atoms with van der Waals surface area (Å²) in [7, 11) is 0. The van der Waals surface area contributed by atoms with Crippen LogP contribution in [0.15, 0.2) is 36.4 Å². The number of ether oxygens (including phenoxy) is 1. The Balaban J connectivity index is 1.73. The predicted octanol–water partition coefficient (Wildman–Crippen LogP) is 3.22. The molecule has 0 aliphatic carbocycles. The molecule has 1 fully saturated rings. The molecule has 1 aliphatic heterocycles. The fourth-order valence-electron chi connectivity index (χ4n) is 2.90. The van der Waals surface area contributed by atoms with Crippen LogP contribution in [0.4, 0.5) is 5.82 Å². The number of hydrogen-bond donors (Lipinski definition) is 2. The molecule has 1 aliphatic rings. The zero-order valence-electron chi connectivity index (χ0n) is 12.8. The molecule has 0 bridgehead atoms. The summed E-state index contributed by atoms with van der Waals surface area (Å²) in [6.07, 6.45) is 2.36. The van der Waals surface area contributed by atoms with Gasteiger partial charge in [-0.05, 0) is 24.8 Å². The van der Waals surface area contributed by atoms with E-state index in [2.05, 4.69) is 22.4 Å². The van der Waals surface area contributed by atoms with E-state index in [1.54, 1.807) is 0 Å². The summed E-state index contributed by atoms with van der Waals surface area (Å²) in [6.45, 7) is 3.36. The van der Waals surface area contributed by atoms with Crippen LogP contribution >= 0.6 is 0 Å². The van der Waals surface area contributed by atoms with E-state index in [4.69, 9.17) is 4.74 Å². The fourth-order valence-corrected chi connectivity index (χ4v) is 2.90. The summed E-state index contributed by atoms with van der Waals surface area (Å²) >= 11 is 0. The van der Waals surface area contributed by atoms with E-state index in [0.29, 0.717) is 19.0 Å². The number of rotatable bonds is 4. The van der Waals surface area contributed by atoms with E-state index in [1.807, 2.05) is 36.4 Å². The molecule has 0 saturated carbocycles. The van der Waals surface area contributed by atoms with Crippen LogP contribution in [0.5, 0.6) is 0 Å². The molecule has 1 aromatic carbocycles. The van der Waals surface area contributed by atoms with Crippen molar-refractivity contribution in [2.24, 2.45) is 5.41 Å². The number of aromatic nitrogens is 2. The lowest BCUT2D eigenvalue weighted by Crippen LogP contribution is -2.40. The highest BCUT2D eigenvalue weighted by Gasteiger charge is 2.38. The van der Waals surface area contributed by atoms with Crippen molar-refractivity contribution in [1.29, 1.82) is 0 Å². The van der Waals surface area contributed by atoms with Crippen molar-refractivity contribution in [2.45, 2.75) is 26.2 Å². The number of benzene rings is 1. The molecule has 2 N–H and O–H groups in total. The number of carbonyl (C=O) groups excluding carboxylic acids is 1. The normalized spacial score (nSPS) is 17.1. The highest BCUT2D eigenvalue weighted by Crippen LogP contribution is 2.35. The third kappa shape index (κ3) is 2.90. The van der Waals surface area contributed by atoms with Crippen LogP contribution < -0.4 is 5.32 Å². The van der Waals surface area contributed by atoms with Crippen molar-refractivity contribution in [3.05, 3.63) is 36.4 Å². The number of aromatic amines is 1. The predicted molar refractivity (Wildman–Crippen MR) is 85.4 cm³/mol. The summed E-state index contributed by atoms with van der Waals surface area (Å²) in [5, 5.41) is 10.1. The van der Waals surface area contributed by atoms with Gasteiger partial charge in [0.1, 0.15) is 0 Å². The largest absolute Gasteiger partial charge is 0.381 e. The Morgan fingerprint density at radius 3 is 2.73 bits per heavy atom. The first-order valence-electron chi connectivity index (χ1n) is 7.73. The van der Waals surface area contributed by atoms with Gasteiger partial charge in [0.05, 0.1) is 11.1 Å². The minimum atomic E-state index is -0.329. The second kappa shape index (κ2) is 6.32. The van der Waals surface area contributed by atoms with Crippen LogP contribution in [-0.4, -0.2) is 29.3 Å². The molecule has 1 saturated heterocycles. The van der Waals surface area contributed by atoms with Gasteiger partial charge in [-0.3, -0.25) is 9.89 Å². The van der Waals surface area contributed by atoms with E-state index in [9.17, 15) is 4.79 Å². The Morgan fingerprint density at radius 2 is 2.05 bits per heavy atom. The Hall–Kier alpha value is -2.14. The molecular formula is C17H21N3O2. The first-order chi connectivity index (χ1) is 10.7. The molecule has 0 unspecified atom stereocenters. The molecule has 0 spiro atoms. The van der Waals surface area contributed by atoms with Gasteiger partial charge in [0, 0.05) is 19.3 Å². The van der Waals surface area contributed by atoms with Crippen molar-refractivity contribution < 1.29 is 9.53 Å². The van der Waals surface area contributed by atoms with Crippen molar-refractivity contribution in [1.82, 2.24) is 10.2 Å². The van der Waals surface area contributed by atoms with Gasteiger partial charge in [0.2, 0.25) is 5.91 Å². The van der Waals surface area contributed by atoms with E-state index in [-0.39, 0.29) is 11.3 Å². The maximum Gasteiger partial charge on any atom is 0.231 e. The number of nitrogens with one attached hydrogen (secondary N) is 2. The van der Waals surface area contributed by atoms with E-state index in [0.717, 1.165) is 30.5 Å². The highest BCUT2D eigenvalue weighted by molar-refractivity contribution is 5.95. The highest BCUT2D eigenvalue weighted by atomic mass is 16.5. The summed E-state index contributed by atoms with van der Waals surface area (Å²) < 4.78 is 5.39.